The van der Waals surface area contributed by atoms with E-state index in [9.17, 15) is 14.4 Å². The summed E-state index contributed by atoms with van der Waals surface area (Å²) in [5.74, 6) is 1.06. The molecule has 3 rings (SSSR count). The summed E-state index contributed by atoms with van der Waals surface area (Å²) in [6, 6.07) is 19.6. The van der Waals surface area contributed by atoms with Gasteiger partial charge in [-0.15, -0.1) is 0 Å². The molecule has 0 saturated carbocycles. The maximum absolute atomic E-state index is 12.2. The number of nitrogens with one attached hydrogen (secondary N) is 2. The SMILES string of the molecule is COc1ccc(NC(=O)COC(=O)CCCC(=O)Nc2ccc(Oc3ccc(C)cc3)cc2)c(OC)c1. The quantitative estimate of drug-likeness (QED) is 0.329. The van der Waals surface area contributed by atoms with E-state index >= 15 is 0 Å². The average molecular weight is 507 g/mol. The largest absolute Gasteiger partial charge is 0.497 e. The molecule has 3 aromatic carbocycles. The number of carbonyl (C=O) groups is 3. The van der Waals surface area contributed by atoms with Crippen molar-refractivity contribution < 1.29 is 33.3 Å². The number of carbonyl (C=O) groups excluding carboxylic acids is 3. The number of amides is 2. The molecule has 0 unspecified atom stereocenters. The van der Waals surface area contributed by atoms with Crippen molar-refractivity contribution in [3.8, 4) is 23.0 Å². The summed E-state index contributed by atoms with van der Waals surface area (Å²) in [4.78, 5) is 36.3. The lowest BCUT2D eigenvalue weighted by atomic mass is 10.2. The molecular formula is C28H30N2O7. The standard InChI is InChI=1S/C28H30N2O7/c1-19-7-11-21(12-8-19)37-22-13-9-20(10-14-22)29-26(31)5-4-6-28(33)36-18-27(32)30-24-16-15-23(34-2)17-25(24)35-3/h7-17H,4-6,18H2,1-3H3,(H,29,31)(H,30,32). The van der Waals surface area contributed by atoms with Gasteiger partial charge in [0.05, 0.1) is 19.9 Å². The fraction of sp³-hybridized carbons (Fsp3) is 0.250. The predicted octanol–water partition coefficient (Wildman–Crippen LogP) is 5.10. The first-order chi connectivity index (χ1) is 17.9. The predicted molar refractivity (Wildman–Crippen MR) is 139 cm³/mol. The fourth-order valence-corrected chi connectivity index (χ4v) is 3.27. The lowest BCUT2D eigenvalue weighted by Gasteiger charge is -2.12. The molecule has 3 aromatic rings. The van der Waals surface area contributed by atoms with Gasteiger partial charge in [0.1, 0.15) is 23.0 Å². The first kappa shape index (κ1) is 27.1. The van der Waals surface area contributed by atoms with Gasteiger partial charge in [-0.25, -0.2) is 0 Å². The maximum Gasteiger partial charge on any atom is 0.306 e. The first-order valence-corrected chi connectivity index (χ1v) is 11.7. The van der Waals surface area contributed by atoms with Crippen molar-refractivity contribution in [3.05, 3.63) is 72.3 Å². The summed E-state index contributed by atoms with van der Waals surface area (Å²) in [5.41, 5.74) is 2.19. The minimum atomic E-state index is -0.567. The molecule has 0 aliphatic rings. The zero-order chi connectivity index (χ0) is 26.6. The highest BCUT2D eigenvalue weighted by atomic mass is 16.5. The van der Waals surface area contributed by atoms with E-state index < -0.39 is 18.5 Å². The highest BCUT2D eigenvalue weighted by Gasteiger charge is 2.12. The summed E-state index contributed by atoms with van der Waals surface area (Å²) >= 11 is 0. The third kappa shape index (κ3) is 8.88. The van der Waals surface area contributed by atoms with Crippen LogP contribution in [0.1, 0.15) is 24.8 Å². The molecule has 0 spiro atoms. The van der Waals surface area contributed by atoms with Gasteiger partial charge in [0.25, 0.3) is 5.91 Å². The monoisotopic (exact) mass is 506 g/mol. The van der Waals surface area contributed by atoms with Gasteiger partial charge in [-0.3, -0.25) is 14.4 Å². The number of anilines is 2. The van der Waals surface area contributed by atoms with E-state index in [0.29, 0.717) is 28.6 Å². The van der Waals surface area contributed by atoms with Crippen molar-refractivity contribution in [3.63, 3.8) is 0 Å². The Balaban J connectivity index is 1.34. The highest BCUT2D eigenvalue weighted by molar-refractivity contribution is 5.94. The summed E-state index contributed by atoms with van der Waals surface area (Å²) in [7, 11) is 2.99. The molecule has 9 nitrogen and oxygen atoms in total. The normalized spacial score (nSPS) is 10.2. The molecule has 0 heterocycles. The molecule has 9 heteroatoms. The number of hydrogen-bond acceptors (Lipinski definition) is 7. The van der Waals surface area contributed by atoms with Crippen LogP contribution >= 0.6 is 0 Å². The molecule has 2 N–H and O–H groups in total. The molecule has 0 saturated heterocycles. The van der Waals surface area contributed by atoms with Crippen molar-refractivity contribution in [1.29, 1.82) is 0 Å². The maximum atomic E-state index is 12.2. The number of rotatable bonds is 12. The van der Waals surface area contributed by atoms with Crippen LogP contribution in [0.5, 0.6) is 23.0 Å². The van der Waals surface area contributed by atoms with Gasteiger partial charge in [0.15, 0.2) is 6.61 Å². The van der Waals surface area contributed by atoms with Gasteiger partial charge in [-0.2, -0.15) is 0 Å². The molecule has 0 radical (unpaired) electrons. The Morgan fingerprint density at radius 3 is 2.03 bits per heavy atom. The van der Waals surface area contributed by atoms with Crippen LogP contribution in [0, 0.1) is 6.92 Å². The Kier molecular flexibility index (Phi) is 9.90. The average Bonchev–Trinajstić information content (AvgIpc) is 2.90. The summed E-state index contributed by atoms with van der Waals surface area (Å²) in [6.07, 6.45) is 0.426. The molecule has 194 valence electrons. The minimum absolute atomic E-state index is 0.00981. The Bertz CT molecular complexity index is 1210. The van der Waals surface area contributed by atoms with E-state index in [4.69, 9.17) is 18.9 Å². The number of esters is 1. The van der Waals surface area contributed by atoms with E-state index in [1.165, 1.54) is 14.2 Å². The van der Waals surface area contributed by atoms with E-state index in [-0.39, 0.29) is 25.2 Å². The molecule has 0 aromatic heterocycles. The molecular weight excluding hydrogens is 476 g/mol. The molecule has 0 atom stereocenters. The van der Waals surface area contributed by atoms with E-state index in [2.05, 4.69) is 10.6 Å². The van der Waals surface area contributed by atoms with Crippen LogP contribution in [-0.4, -0.2) is 38.6 Å². The Labute approximate surface area is 215 Å². The topological polar surface area (TPSA) is 112 Å². The Hall–Kier alpha value is -4.53. The second-order valence-corrected chi connectivity index (χ2v) is 8.12. The Morgan fingerprint density at radius 2 is 1.38 bits per heavy atom. The van der Waals surface area contributed by atoms with Crippen molar-refractivity contribution in [1.82, 2.24) is 0 Å². The van der Waals surface area contributed by atoms with Crippen LogP contribution < -0.4 is 24.8 Å². The van der Waals surface area contributed by atoms with Crippen LogP contribution in [0.15, 0.2) is 66.7 Å². The lowest BCUT2D eigenvalue weighted by molar-refractivity contribution is -0.147. The Morgan fingerprint density at radius 1 is 0.730 bits per heavy atom. The molecule has 0 fully saturated rings. The van der Waals surface area contributed by atoms with Gasteiger partial charge in [-0.05, 0) is 61.9 Å². The van der Waals surface area contributed by atoms with Crippen LogP contribution in [-0.2, 0) is 19.1 Å². The number of aryl methyl sites for hydroxylation is 1. The zero-order valence-corrected chi connectivity index (χ0v) is 21.0. The van der Waals surface area contributed by atoms with Crippen LogP contribution in [0.25, 0.3) is 0 Å². The van der Waals surface area contributed by atoms with E-state index in [0.717, 1.165) is 11.3 Å². The van der Waals surface area contributed by atoms with E-state index in [1.54, 1.807) is 42.5 Å². The second-order valence-electron chi connectivity index (χ2n) is 8.12. The number of benzene rings is 3. The van der Waals surface area contributed by atoms with Gasteiger partial charge in [0, 0.05) is 24.6 Å². The molecule has 0 aliphatic heterocycles. The zero-order valence-electron chi connectivity index (χ0n) is 21.0. The summed E-state index contributed by atoms with van der Waals surface area (Å²) < 4.78 is 21.1. The van der Waals surface area contributed by atoms with Crippen LogP contribution in [0.2, 0.25) is 0 Å². The van der Waals surface area contributed by atoms with Crippen LogP contribution in [0.3, 0.4) is 0 Å². The van der Waals surface area contributed by atoms with Crippen molar-refractivity contribution in [2.24, 2.45) is 0 Å². The summed E-state index contributed by atoms with van der Waals surface area (Å²) in [5, 5.41) is 5.40. The number of hydrogen-bond donors (Lipinski definition) is 2. The van der Waals surface area contributed by atoms with Gasteiger partial charge in [0.2, 0.25) is 5.91 Å². The van der Waals surface area contributed by atoms with E-state index in [1.807, 2.05) is 31.2 Å². The second kappa shape index (κ2) is 13.5. The van der Waals surface area contributed by atoms with Gasteiger partial charge >= 0.3 is 5.97 Å². The minimum Gasteiger partial charge on any atom is -0.497 e. The smallest absolute Gasteiger partial charge is 0.306 e. The number of methoxy groups -OCH3 is 2. The highest BCUT2D eigenvalue weighted by Crippen LogP contribution is 2.29. The third-order valence-electron chi connectivity index (χ3n) is 5.23. The van der Waals surface area contributed by atoms with Gasteiger partial charge in [-0.1, -0.05) is 17.7 Å². The fourth-order valence-electron chi connectivity index (χ4n) is 3.27. The summed E-state index contributed by atoms with van der Waals surface area (Å²) in [6.45, 7) is 1.56. The molecule has 0 aliphatic carbocycles. The van der Waals surface area contributed by atoms with Crippen molar-refractivity contribution >= 4 is 29.2 Å². The molecule has 37 heavy (non-hydrogen) atoms. The molecule has 0 bridgehead atoms. The first-order valence-electron chi connectivity index (χ1n) is 11.7. The number of ether oxygens (including phenoxy) is 4. The van der Waals surface area contributed by atoms with Gasteiger partial charge < -0.3 is 29.6 Å². The molecule has 2 amide bonds. The van der Waals surface area contributed by atoms with Crippen molar-refractivity contribution in [2.75, 3.05) is 31.5 Å². The van der Waals surface area contributed by atoms with Crippen molar-refractivity contribution in [2.45, 2.75) is 26.2 Å². The van der Waals surface area contributed by atoms with Crippen LogP contribution in [0.4, 0.5) is 11.4 Å². The lowest BCUT2D eigenvalue weighted by Crippen LogP contribution is -2.21. The third-order valence-corrected chi connectivity index (χ3v) is 5.23.